The van der Waals surface area contributed by atoms with Crippen molar-refractivity contribution in [1.29, 1.82) is 0 Å². The van der Waals surface area contributed by atoms with Gasteiger partial charge in [0.05, 0.1) is 17.1 Å². The summed E-state index contributed by atoms with van der Waals surface area (Å²) in [5.74, 6) is -0.235. The maximum Gasteiger partial charge on any atom is 0.291 e. The minimum atomic E-state index is -3.64. The number of benzene rings is 2. The van der Waals surface area contributed by atoms with Crippen LogP contribution in [0, 0.1) is 6.92 Å². The maximum atomic E-state index is 13.0. The Morgan fingerprint density at radius 2 is 1.74 bits per heavy atom. The van der Waals surface area contributed by atoms with Gasteiger partial charge in [-0.3, -0.25) is 4.79 Å². The van der Waals surface area contributed by atoms with E-state index in [-0.39, 0.29) is 22.9 Å². The number of furan rings is 1. The van der Waals surface area contributed by atoms with Crippen molar-refractivity contribution in [1.82, 2.24) is 4.31 Å². The van der Waals surface area contributed by atoms with Crippen LogP contribution in [0.15, 0.2) is 51.8 Å². The molecule has 1 fully saturated rings. The van der Waals surface area contributed by atoms with Crippen LogP contribution in [0.4, 0.5) is 5.69 Å². The van der Waals surface area contributed by atoms with Crippen LogP contribution in [0.5, 0.6) is 0 Å². The second-order valence-electron chi connectivity index (χ2n) is 7.75. The Morgan fingerprint density at radius 3 is 2.39 bits per heavy atom. The Kier molecular flexibility index (Phi) is 5.83. The van der Waals surface area contributed by atoms with Crippen molar-refractivity contribution in [2.24, 2.45) is 0 Å². The Bertz CT molecular complexity index is 1230. The molecule has 4 rings (SSSR count). The number of nitrogens with one attached hydrogen (secondary N) is 1. The third kappa shape index (κ3) is 4.34. The number of halogens is 1. The number of amides is 1. The molecule has 1 amide bonds. The number of hydrogen-bond acceptors (Lipinski definition) is 5. The standard InChI is InChI=1S/C22H23ClN2O5S/c1-13-11-25(12-14(2)29-13)31(27,28)18-7-5-17(6-8-18)24-22(26)21-15(3)19-10-16(23)4-9-20(19)30-21/h4-10,13-14H,11-12H2,1-3H3,(H,24,26)/t13-,14-/m1/s1. The summed E-state index contributed by atoms with van der Waals surface area (Å²) in [5.41, 5.74) is 1.72. The van der Waals surface area contributed by atoms with E-state index in [9.17, 15) is 13.2 Å². The zero-order valence-electron chi connectivity index (χ0n) is 17.4. The molecule has 1 N–H and O–H groups in total. The van der Waals surface area contributed by atoms with Crippen molar-refractivity contribution in [3.63, 3.8) is 0 Å². The highest BCUT2D eigenvalue weighted by Gasteiger charge is 2.32. The van der Waals surface area contributed by atoms with Crippen molar-refractivity contribution < 1.29 is 22.4 Å². The van der Waals surface area contributed by atoms with Crippen molar-refractivity contribution in [3.8, 4) is 0 Å². The number of rotatable bonds is 4. The highest BCUT2D eigenvalue weighted by Crippen LogP contribution is 2.29. The first-order valence-electron chi connectivity index (χ1n) is 9.91. The molecule has 1 aromatic heterocycles. The normalized spacial score (nSPS) is 20.1. The van der Waals surface area contributed by atoms with Gasteiger partial charge < -0.3 is 14.5 Å². The number of nitrogens with zero attached hydrogens (tertiary/aromatic N) is 1. The molecule has 2 heterocycles. The number of carbonyl (C=O) groups excluding carboxylic acids is 1. The fourth-order valence-electron chi connectivity index (χ4n) is 3.78. The summed E-state index contributed by atoms with van der Waals surface area (Å²) < 4.78 is 38.7. The van der Waals surface area contributed by atoms with Crippen LogP contribution in [0.3, 0.4) is 0 Å². The van der Waals surface area contributed by atoms with Gasteiger partial charge in [0.15, 0.2) is 5.76 Å². The molecule has 1 aliphatic heterocycles. The minimum Gasteiger partial charge on any atom is -0.451 e. The van der Waals surface area contributed by atoms with E-state index >= 15 is 0 Å². The van der Waals surface area contributed by atoms with E-state index in [4.69, 9.17) is 20.8 Å². The number of carbonyl (C=O) groups is 1. The zero-order valence-corrected chi connectivity index (χ0v) is 19.0. The van der Waals surface area contributed by atoms with E-state index in [1.165, 1.54) is 16.4 Å². The molecule has 164 valence electrons. The summed E-state index contributed by atoms with van der Waals surface area (Å²) in [4.78, 5) is 12.9. The van der Waals surface area contributed by atoms with Crippen LogP contribution in [0.25, 0.3) is 11.0 Å². The monoisotopic (exact) mass is 462 g/mol. The highest BCUT2D eigenvalue weighted by molar-refractivity contribution is 7.89. The summed E-state index contributed by atoms with van der Waals surface area (Å²) in [6, 6.07) is 11.3. The van der Waals surface area contributed by atoms with Gasteiger partial charge in [0.2, 0.25) is 10.0 Å². The van der Waals surface area contributed by atoms with Crippen molar-refractivity contribution in [2.75, 3.05) is 18.4 Å². The molecule has 2 atom stereocenters. The molecular formula is C22H23ClN2O5S. The largest absolute Gasteiger partial charge is 0.451 e. The fourth-order valence-corrected chi connectivity index (χ4v) is 5.55. The van der Waals surface area contributed by atoms with E-state index < -0.39 is 15.9 Å². The second-order valence-corrected chi connectivity index (χ2v) is 10.1. The van der Waals surface area contributed by atoms with Gasteiger partial charge in [-0.15, -0.1) is 0 Å². The molecule has 1 aliphatic rings. The minimum absolute atomic E-state index is 0.168. The fraction of sp³-hybridized carbons (Fsp3) is 0.318. The van der Waals surface area contributed by atoms with Crippen LogP contribution in [-0.4, -0.2) is 43.9 Å². The molecular weight excluding hydrogens is 440 g/mol. The lowest BCUT2D eigenvalue weighted by Gasteiger charge is -2.34. The number of aryl methyl sites for hydroxylation is 1. The number of ether oxygens (including phenoxy) is 1. The molecule has 0 bridgehead atoms. The Hall–Kier alpha value is -2.39. The van der Waals surface area contributed by atoms with Gasteiger partial charge in [0.1, 0.15) is 5.58 Å². The van der Waals surface area contributed by atoms with Gasteiger partial charge in [0, 0.05) is 34.7 Å². The first kappa shape index (κ1) is 21.8. The molecule has 0 spiro atoms. The molecule has 1 saturated heterocycles. The number of anilines is 1. The van der Waals surface area contributed by atoms with E-state index in [1.807, 2.05) is 13.8 Å². The lowest BCUT2D eigenvalue weighted by Crippen LogP contribution is -2.48. The molecule has 2 aromatic carbocycles. The second kappa shape index (κ2) is 8.27. The molecule has 0 saturated carbocycles. The van der Waals surface area contributed by atoms with E-state index in [1.54, 1.807) is 37.3 Å². The SMILES string of the molecule is Cc1c(C(=O)Nc2ccc(S(=O)(=O)N3C[C@@H](C)O[C@H](C)C3)cc2)oc2ccc(Cl)cc12. The van der Waals surface area contributed by atoms with Gasteiger partial charge in [0.25, 0.3) is 5.91 Å². The number of fused-ring (bicyclic) bond motifs is 1. The Labute approximate surface area is 186 Å². The van der Waals surface area contributed by atoms with Crippen LogP contribution >= 0.6 is 11.6 Å². The van der Waals surface area contributed by atoms with E-state index in [0.29, 0.717) is 34.9 Å². The van der Waals surface area contributed by atoms with E-state index in [0.717, 1.165) is 5.39 Å². The third-order valence-electron chi connectivity index (χ3n) is 5.24. The van der Waals surface area contributed by atoms with Crippen molar-refractivity contribution in [2.45, 2.75) is 37.9 Å². The average Bonchev–Trinajstić information content (AvgIpc) is 3.04. The third-order valence-corrected chi connectivity index (χ3v) is 7.32. The van der Waals surface area contributed by atoms with Gasteiger partial charge in [-0.2, -0.15) is 4.31 Å². The van der Waals surface area contributed by atoms with Crippen LogP contribution in [-0.2, 0) is 14.8 Å². The lowest BCUT2D eigenvalue weighted by molar-refractivity contribution is -0.0440. The van der Waals surface area contributed by atoms with Crippen LogP contribution in [0.2, 0.25) is 5.02 Å². The Morgan fingerprint density at radius 1 is 1.10 bits per heavy atom. The van der Waals surface area contributed by atoms with Gasteiger partial charge in [-0.1, -0.05) is 11.6 Å². The summed E-state index contributed by atoms with van der Waals surface area (Å²) >= 11 is 6.03. The van der Waals surface area contributed by atoms with Gasteiger partial charge >= 0.3 is 0 Å². The van der Waals surface area contributed by atoms with Crippen molar-refractivity contribution in [3.05, 3.63) is 58.8 Å². The molecule has 0 radical (unpaired) electrons. The Balaban J connectivity index is 1.52. The van der Waals surface area contributed by atoms with Crippen LogP contribution in [0.1, 0.15) is 30.0 Å². The van der Waals surface area contributed by atoms with Gasteiger partial charge in [-0.25, -0.2) is 8.42 Å². The number of hydrogen-bond donors (Lipinski definition) is 1. The predicted octanol–water partition coefficient (Wildman–Crippen LogP) is 4.44. The molecule has 9 heteroatoms. The molecule has 3 aromatic rings. The lowest BCUT2D eigenvalue weighted by atomic mass is 10.1. The quantitative estimate of drug-likeness (QED) is 0.619. The molecule has 0 unspecified atom stereocenters. The smallest absolute Gasteiger partial charge is 0.291 e. The summed E-state index contributed by atoms with van der Waals surface area (Å²) in [6.45, 7) is 6.10. The summed E-state index contributed by atoms with van der Waals surface area (Å²) in [6.07, 6.45) is -0.335. The number of morpholine rings is 1. The maximum absolute atomic E-state index is 13.0. The first-order valence-corrected chi connectivity index (χ1v) is 11.7. The predicted molar refractivity (Wildman–Crippen MR) is 119 cm³/mol. The molecule has 0 aliphatic carbocycles. The number of sulfonamides is 1. The molecule has 7 nitrogen and oxygen atoms in total. The summed E-state index contributed by atoms with van der Waals surface area (Å²) in [7, 11) is -3.64. The van der Waals surface area contributed by atoms with Crippen LogP contribution < -0.4 is 5.32 Å². The van der Waals surface area contributed by atoms with Gasteiger partial charge in [-0.05, 0) is 63.2 Å². The van der Waals surface area contributed by atoms with Crippen molar-refractivity contribution >= 4 is 44.2 Å². The zero-order chi connectivity index (χ0) is 22.3. The average molecular weight is 463 g/mol. The first-order chi connectivity index (χ1) is 14.6. The summed E-state index contributed by atoms with van der Waals surface area (Å²) in [5, 5.41) is 4.08. The molecule has 31 heavy (non-hydrogen) atoms. The highest BCUT2D eigenvalue weighted by atomic mass is 35.5. The van der Waals surface area contributed by atoms with E-state index in [2.05, 4.69) is 5.32 Å². The topological polar surface area (TPSA) is 88.9 Å².